The molecule has 5 nitrogen and oxygen atoms in total. The fraction of sp³-hybridized carbons (Fsp3) is 1.00. The summed E-state index contributed by atoms with van der Waals surface area (Å²) in [6.07, 6.45) is 0. The van der Waals surface area contributed by atoms with Crippen molar-refractivity contribution in [3.8, 4) is 0 Å². The zero-order valence-electron chi connectivity index (χ0n) is 8.00. The summed E-state index contributed by atoms with van der Waals surface area (Å²) < 4.78 is 64.0. The Labute approximate surface area is 85.6 Å². The minimum Gasteiger partial charge on any atom is -0.741 e. The number of morpholine rings is 1. The largest absolute Gasteiger partial charge is 0.741 e. The van der Waals surface area contributed by atoms with E-state index in [1.807, 2.05) is 0 Å². The molecule has 92 valence electrons. The molecule has 0 aliphatic carbocycles. The van der Waals surface area contributed by atoms with Crippen molar-refractivity contribution in [2.24, 2.45) is 0 Å². The maximum atomic E-state index is 10.7. The fourth-order valence-electron chi connectivity index (χ4n) is 0.720. The monoisotopic (exact) mass is 251 g/mol. The van der Waals surface area contributed by atoms with Crippen LogP contribution in [0.1, 0.15) is 0 Å². The number of likely N-dealkylation sites (N-methyl/N-ethyl adjacent to an activating group) is 1. The number of nitrogens with one attached hydrogen (secondary N) is 1. The Kier molecular flexibility index (Phi) is 5.49. The quantitative estimate of drug-likeness (QED) is 0.424. The maximum absolute atomic E-state index is 10.7. The van der Waals surface area contributed by atoms with Crippen LogP contribution in [0.25, 0.3) is 0 Å². The lowest BCUT2D eigenvalue weighted by Crippen LogP contribution is -3.11. The van der Waals surface area contributed by atoms with Gasteiger partial charge in [-0.25, -0.2) is 8.42 Å². The first-order valence-electron chi connectivity index (χ1n) is 4.06. The van der Waals surface area contributed by atoms with Crippen LogP contribution in [0.5, 0.6) is 0 Å². The maximum Gasteiger partial charge on any atom is 0.485 e. The van der Waals surface area contributed by atoms with Crippen LogP contribution in [0.3, 0.4) is 0 Å². The van der Waals surface area contributed by atoms with E-state index >= 15 is 0 Å². The Hall–Kier alpha value is -0.380. The lowest BCUT2D eigenvalue weighted by Gasteiger charge is -2.18. The third kappa shape index (κ3) is 6.66. The van der Waals surface area contributed by atoms with Crippen molar-refractivity contribution in [2.75, 3.05) is 33.4 Å². The van der Waals surface area contributed by atoms with Crippen LogP contribution in [-0.2, 0) is 14.9 Å². The van der Waals surface area contributed by atoms with Gasteiger partial charge in [-0.1, -0.05) is 0 Å². The van der Waals surface area contributed by atoms with Gasteiger partial charge in [-0.05, 0) is 0 Å². The molecule has 0 aromatic carbocycles. The molecule has 0 aromatic rings. The first-order valence-corrected chi connectivity index (χ1v) is 5.46. The molecule has 9 heteroatoms. The Morgan fingerprint density at radius 1 is 1.27 bits per heavy atom. The minimum atomic E-state index is -6.09. The normalized spacial score (nSPS) is 19.3. The van der Waals surface area contributed by atoms with E-state index in [0.29, 0.717) is 0 Å². The Morgan fingerprint density at radius 2 is 1.60 bits per heavy atom. The van der Waals surface area contributed by atoms with E-state index < -0.39 is 15.6 Å². The highest BCUT2D eigenvalue weighted by Gasteiger charge is 2.36. The SMILES string of the molecule is C[NH+]1CCOCC1.O=S(=O)([O-])C(F)(F)F. The summed E-state index contributed by atoms with van der Waals surface area (Å²) in [5, 5.41) is 0. The molecule has 0 unspecified atom stereocenters. The summed E-state index contributed by atoms with van der Waals surface area (Å²) in [6, 6.07) is 0. The Bertz CT molecular complexity index is 271. The van der Waals surface area contributed by atoms with Crippen molar-refractivity contribution in [3.05, 3.63) is 0 Å². The van der Waals surface area contributed by atoms with Gasteiger partial charge in [0.05, 0.1) is 20.3 Å². The van der Waals surface area contributed by atoms with E-state index in [9.17, 15) is 13.2 Å². The van der Waals surface area contributed by atoms with Crippen LogP contribution in [0.2, 0.25) is 0 Å². The van der Waals surface area contributed by atoms with Crippen LogP contribution in [-0.4, -0.2) is 51.8 Å². The first-order chi connectivity index (χ1) is 6.64. The number of alkyl halides is 3. The smallest absolute Gasteiger partial charge is 0.485 e. The van der Waals surface area contributed by atoms with Crippen molar-refractivity contribution in [2.45, 2.75) is 5.51 Å². The van der Waals surface area contributed by atoms with Crippen LogP contribution >= 0.6 is 0 Å². The molecule has 1 fully saturated rings. The van der Waals surface area contributed by atoms with Crippen molar-refractivity contribution < 1.29 is 35.8 Å². The number of halogens is 3. The van der Waals surface area contributed by atoms with Gasteiger partial charge in [-0.3, -0.25) is 0 Å². The van der Waals surface area contributed by atoms with E-state index in [-0.39, 0.29) is 0 Å². The summed E-state index contributed by atoms with van der Waals surface area (Å²) in [5.41, 5.74) is -5.65. The number of ether oxygens (including phenoxy) is 1. The number of quaternary nitrogens is 1. The van der Waals surface area contributed by atoms with Gasteiger partial charge in [0, 0.05) is 0 Å². The zero-order chi connectivity index (χ0) is 12.1. The van der Waals surface area contributed by atoms with E-state index in [4.69, 9.17) is 17.7 Å². The lowest BCUT2D eigenvalue weighted by atomic mass is 10.5. The number of hydrogen-bond acceptors (Lipinski definition) is 4. The molecule has 1 heterocycles. The minimum absolute atomic E-state index is 0.950. The van der Waals surface area contributed by atoms with E-state index in [1.54, 1.807) is 4.90 Å². The standard InChI is InChI=1S/C5H11NO.CHF3O3S/c1-6-2-4-7-5-3-6;2-1(3,4)8(5,6)7/h2-5H2,1H3;(H,5,6,7). The highest BCUT2D eigenvalue weighted by Crippen LogP contribution is 2.20. The fourth-order valence-corrected chi connectivity index (χ4v) is 0.720. The molecule has 0 bridgehead atoms. The highest BCUT2D eigenvalue weighted by molar-refractivity contribution is 7.86. The topological polar surface area (TPSA) is 70.9 Å². The van der Waals surface area contributed by atoms with Gasteiger partial charge in [0.2, 0.25) is 0 Å². The second-order valence-corrected chi connectivity index (χ2v) is 4.34. The molecule has 0 atom stereocenters. The molecule has 0 aromatic heterocycles. The van der Waals surface area contributed by atoms with Crippen molar-refractivity contribution in [1.82, 2.24) is 0 Å². The van der Waals surface area contributed by atoms with Crippen LogP contribution in [0.4, 0.5) is 13.2 Å². The summed E-state index contributed by atoms with van der Waals surface area (Å²) in [6.45, 7) is 4.26. The van der Waals surface area contributed by atoms with Gasteiger partial charge in [-0.2, -0.15) is 13.2 Å². The van der Waals surface area contributed by atoms with Crippen LogP contribution in [0.15, 0.2) is 0 Å². The predicted molar refractivity (Wildman–Crippen MR) is 43.2 cm³/mol. The van der Waals surface area contributed by atoms with Gasteiger partial charge in [0.25, 0.3) is 0 Å². The molecule has 1 saturated heterocycles. The summed E-state index contributed by atoms with van der Waals surface area (Å²) in [7, 11) is -3.89. The van der Waals surface area contributed by atoms with E-state index in [0.717, 1.165) is 13.2 Å². The molecular weight excluding hydrogens is 239 g/mol. The van der Waals surface area contributed by atoms with Crippen molar-refractivity contribution in [1.29, 1.82) is 0 Å². The predicted octanol–water partition coefficient (Wildman–Crippen LogP) is -1.42. The van der Waals surface area contributed by atoms with Gasteiger partial charge in [-0.15, -0.1) is 0 Å². The second kappa shape index (κ2) is 5.64. The number of hydrogen-bond donors (Lipinski definition) is 1. The van der Waals surface area contributed by atoms with E-state index in [1.165, 1.54) is 13.1 Å². The summed E-state index contributed by atoms with van der Waals surface area (Å²) >= 11 is 0. The Morgan fingerprint density at radius 3 is 1.73 bits per heavy atom. The molecule has 1 aliphatic rings. The molecule has 1 aliphatic heterocycles. The van der Waals surface area contributed by atoms with E-state index in [2.05, 4.69) is 7.05 Å². The van der Waals surface area contributed by atoms with Gasteiger partial charge in [0.1, 0.15) is 13.1 Å². The summed E-state index contributed by atoms with van der Waals surface area (Å²) in [4.78, 5) is 1.59. The van der Waals surface area contributed by atoms with Crippen LogP contribution in [0, 0.1) is 0 Å². The second-order valence-electron chi connectivity index (χ2n) is 2.97. The molecular formula is C6H12F3NO4S. The van der Waals surface area contributed by atoms with Crippen LogP contribution < -0.4 is 4.90 Å². The lowest BCUT2D eigenvalue weighted by molar-refractivity contribution is -0.888. The molecule has 15 heavy (non-hydrogen) atoms. The van der Waals surface area contributed by atoms with Gasteiger partial charge < -0.3 is 14.2 Å². The average molecular weight is 251 g/mol. The molecule has 0 spiro atoms. The van der Waals surface area contributed by atoms with Gasteiger partial charge in [0.15, 0.2) is 10.1 Å². The zero-order valence-corrected chi connectivity index (χ0v) is 8.82. The Balaban J connectivity index is 0.000000262. The molecule has 0 amide bonds. The van der Waals surface area contributed by atoms with Crippen molar-refractivity contribution >= 4 is 10.1 Å². The molecule has 1 N–H and O–H groups in total. The average Bonchev–Trinajstić information content (AvgIpc) is 2.02. The summed E-state index contributed by atoms with van der Waals surface area (Å²) in [5.74, 6) is 0. The highest BCUT2D eigenvalue weighted by atomic mass is 32.2. The molecule has 1 rings (SSSR count). The first kappa shape index (κ1) is 14.6. The molecule has 0 saturated carbocycles. The third-order valence-corrected chi connectivity index (χ3v) is 2.20. The molecule has 0 radical (unpaired) electrons. The van der Waals surface area contributed by atoms with Gasteiger partial charge >= 0.3 is 5.51 Å². The number of rotatable bonds is 0. The van der Waals surface area contributed by atoms with Crippen molar-refractivity contribution in [3.63, 3.8) is 0 Å². The third-order valence-electron chi connectivity index (χ3n) is 1.63.